The zero-order valence-corrected chi connectivity index (χ0v) is 16.7. The number of carbonyl (C=O) groups is 1. The number of guanidine groups is 1. The Morgan fingerprint density at radius 2 is 1.64 bits per heavy atom. The highest BCUT2D eigenvalue weighted by molar-refractivity contribution is 7.90. The van der Waals surface area contributed by atoms with Crippen molar-refractivity contribution in [2.24, 2.45) is 4.99 Å². The van der Waals surface area contributed by atoms with E-state index in [0.717, 1.165) is 0 Å². The highest BCUT2D eigenvalue weighted by atomic mass is 32.2. The quantitative estimate of drug-likeness (QED) is 0.280. The molecule has 0 heterocycles. The van der Waals surface area contributed by atoms with Crippen LogP contribution in [0.3, 0.4) is 0 Å². The lowest BCUT2D eigenvalue weighted by Crippen LogP contribution is -2.40. The number of nitrogens with zero attached hydrogens (tertiary/aromatic N) is 1. The van der Waals surface area contributed by atoms with Crippen LogP contribution in [0.4, 0.5) is 4.79 Å². The fraction of sp³-hybridized carbons (Fsp3) is 0.867. The summed E-state index contributed by atoms with van der Waals surface area (Å²) < 4.78 is 32.2. The van der Waals surface area contributed by atoms with E-state index in [1.807, 2.05) is 20.8 Å². The molecule has 0 atom stereocenters. The fourth-order valence-corrected chi connectivity index (χ4v) is 1.99. The average Bonchev–Trinajstić information content (AvgIpc) is 2.45. The first kappa shape index (κ1) is 23.4. The van der Waals surface area contributed by atoms with Gasteiger partial charge in [0.25, 0.3) is 0 Å². The van der Waals surface area contributed by atoms with Gasteiger partial charge in [-0.2, -0.15) is 0 Å². The maximum absolute atomic E-state index is 11.5. The third-order valence-corrected chi connectivity index (χ3v) is 3.58. The van der Waals surface area contributed by atoms with Gasteiger partial charge >= 0.3 is 6.09 Å². The van der Waals surface area contributed by atoms with Crippen molar-refractivity contribution >= 4 is 21.9 Å². The lowest BCUT2D eigenvalue weighted by atomic mass is 10.2. The van der Waals surface area contributed by atoms with Crippen molar-refractivity contribution in [3.8, 4) is 0 Å². The minimum atomic E-state index is -2.99. The molecular formula is C15H32N4O5S. The number of hydrogen-bond acceptors (Lipinski definition) is 6. The predicted molar refractivity (Wildman–Crippen MR) is 98.7 cm³/mol. The Kier molecular flexibility index (Phi) is 11.2. The first-order valence-electron chi connectivity index (χ1n) is 8.20. The van der Waals surface area contributed by atoms with Crippen LogP contribution < -0.4 is 16.0 Å². The Labute approximate surface area is 150 Å². The molecule has 0 aliphatic rings. The number of rotatable bonds is 10. The molecule has 0 bridgehead atoms. The monoisotopic (exact) mass is 380 g/mol. The molecular weight excluding hydrogens is 348 g/mol. The molecule has 25 heavy (non-hydrogen) atoms. The number of amides is 1. The van der Waals surface area contributed by atoms with Gasteiger partial charge in [-0.25, -0.2) is 13.2 Å². The first-order valence-corrected chi connectivity index (χ1v) is 10.3. The average molecular weight is 381 g/mol. The molecule has 0 aliphatic carbocycles. The van der Waals surface area contributed by atoms with Gasteiger partial charge in [0.15, 0.2) is 5.96 Å². The normalized spacial score (nSPS) is 12.6. The molecule has 0 fully saturated rings. The minimum Gasteiger partial charge on any atom is -0.444 e. The minimum absolute atomic E-state index is 0.0185. The topological polar surface area (TPSA) is 118 Å². The maximum atomic E-state index is 11.5. The zero-order valence-electron chi connectivity index (χ0n) is 15.8. The summed E-state index contributed by atoms with van der Waals surface area (Å²) in [6.45, 7) is 7.65. The molecule has 0 aromatic carbocycles. The van der Waals surface area contributed by atoms with Crippen LogP contribution >= 0.6 is 0 Å². The second kappa shape index (κ2) is 11.9. The van der Waals surface area contributed by atoms with Crippen molar-refractivity contribution in [1.82, 2.24) is 16.0 Å². The Morgan fingerprint density at radius 3 is 2.20 bits per heavy atom. The highest BCUT2D eigenvalue weighted by Crippen LogP contribution is 2.06. The van der Waals surface area contributed by atoms with E-state index in [2.05, 4.69) is 20.9 Å². The van der Waals surface area contributed by atoms with E-state index in [1.54, 1.807) is 7.05 Å². The predicted octanol–water partition coefficient (Wildman–Crippen LogP) is 0.127. The Hall–Kier alpha value is -1.55. The second-order valence-electron chi connectivity index (χ2n) is 6.45. The lowest BCUT2D eigenvalue weighted by Gasteiger charge is -2.19. The smallest absolute Gasteiger partial charge is 0.407 e. The lowest BCUT2D eigenvalue weighted by molar-refractivity contribution is 0.0527. The number of aliphatic imine (C=N–C) groups is 1. The molecule has 0 aromatic rings. The van der Waals surface area contributed by atoms with E-state index < -0.39 is 21.5 Å². The van der Waals surface area contributed by atoms with Gasteiger partial charge in [-0.3, -0.25) is 4.99 Å². The van der Waals surface area contributed by atoms with Crippen molar-refractivity contribution in [2.75, 3.05) is 51.9 Å². The number of hydrogen-bond donors (Lipinski definition) is 3. The molecule has 148 valence electrons. The molecule has 0 rings (SSSR count). The molecule has 1 amide bonds. The van der Waals surface area contributed by atoms with Gasteiger partial charge < -0.3 is 25.4 Å². The summed E-state index contributed by atoms with van der Waals surface area (Å²) in [5, 5.41) is 8.83. The zero-order chi connectivity index (χ0) is 19.3. The number of sulfone groups is 1. The van der Waals surface area contributed by atoms with Gasteiger partial charge in [0.1, 0.15) is 15.4 Å². The van der Waals surface area contributed by atoms with Crippen LogP contribution in [-0.2, 0) is 19.3 Å². The number of ether oxygens (including phenoxy) is 2. The summed E-state index contributed by atoms with van der Waals surface area (Å²) in [4.78, 5) is 15.5. The maximum Gasteiger partial charge on any atom is 0.407 e. The molecule has 0 spiro atoms. The Balaban J connectivity index is 3.68. The van der Waals surface area contributed by atoms with Gasteiger partial charge in [-0.05, 0) is 27.2 Å². The third-order valence-electron chi connectivity index (χ3n) is 2.68. The van der Waals surface area contributed by atoms with Crippen LogP contribution in [0.15, 0.2) is 4.99 Å². The van der Waals surface area contributed by atoms with Crippen LogP contribution in [0.5, 0.6) is 0 Å². The molecule has 0 aromatic heterocycles. The number of carbonyl (C=O) groups excluding carboxylic acids is 1. The van der Waals surface area contributed by atoms with E-state index in [1.165, 1.54) is 6.26 Å². The van der Waals surface area contributed by atoms with Crippen molar-refractivity contribution in [1.29, 1.82) is 0 Å². The van der Waals surface area contributed by atoms with Crippen LogP contribution in [0.1, 0.15) is 27.2 Å². The first-order chi connectivity index (χ1) is 11.5. The molecule has 0 saturated carbocycles. The van der Waals surface area contributed by atoms with Gasteiger partial charge in [0.05, 0.1) is 19.0 Å². The van der Waals surface area contributed by atoms with Crippen molar-refractivity contribution < 1.29 is 22.7 Å². The van der Waals surface area contributed by atoms with Crippen LogP contribution in [-0.4, -0.2) is 78.0 Å². The number of nitrogens with one attached hydrogen (secondary N) is 3. The summed E-state index contributed by atoms with van der Waals surface area (Å²) in [7, 11) is -1.33. The summed E-state index contributed by atoms with van der Waals surface area (Å²) >= 11 is 0. The molecule has 10 heteroatoms. The van der Waals surface area contributed by atoms with Gasteiger partial charge in [0.2, 0.25) is 0 Å². The fourth-order valence-electron chi connectivity index (χ4n) is 1.57. The SMILES string of the molecule is CN=C(NCCCNC(=O)OC(C)(C)C)NCCOCCS(C)(=O)=O. The summed E-state index contributed by atoms with van der Waals surface area (Å²) in [5.74, 6) is 0.633. The molecule has 9 nitrogen and oxygen atoms in total. The molecule has 0 aliphatic heterocycles. The van der Waals surface area contributed by atoms with Gasteiger partial charge in [-0.15, -0.1) is 0 Å². The van der Waals surface area contributed by atoms with E-state index in [9.17, 15) is 13.2 Å². The Morgan fingerprint density at radius 1 is 1.04 bits per heavy atom. The molecule has 3 N–H and O–H groups in total. The van der Waals surface area contributed by atoms with E-state index in [-0.39, 0.29) is 12.4 Å². The van der Waals surface area contributed by atoms with Crippen LogP contribution in [0.2, 0.25) is 0 Å². The van der Waals surface area contributed by atoms with Crippen LogP contribution in [0.25, 0.3) is 0 Å². The summed E-state index contributed by atoms with van der Waals surface area (Å²) in [5.41, 5.74) is -0.502. The summed E-state index contributed by atoms with van der Waals surface area (Å²) in [6, 6.07) is 0. The van der Waals surface area contributed by atoms with Gasteiger partial charge in [-0.1, -0.05) is 0 Å². The van der Waals surface area contributed by atoms with Crippen molar-refractivity contribution in [3.05, 3.63) is 0 Å². The van der Waals surface area contributed by atoms with Crippen molar-refractivity contribution in [2.45, 2.75) is 32.8 Å². The highest BCUT2D eigenvalue weighted by Gasteiger charge is 2.15. The largest absolute Gasteiger partial charge is 0.444 e. The van der Waals surface area contributed by atoms with Gasteiger partial charge in [0, 0.05) is 32.9 Å². The van der Waals surface area contributed by atoms with Crippen molar-refractivity contribution in [3.63, 3.8) is 0 Å². The second-order valence-corrected chi connectivity index (χ2v) is 8.71. The van der Waals surface area contributed by atoms with E-state index in [4.69, 9.17) is 9.47 Å². The van der Waals surface area contributed by atoms with E-state index in [0.29, 0.717) is 38.6 Å². The standard InChI is InChI=1S/C15H32N4O5S/c1-15(2,3)24-14(20)19-8-6-7-17-13(16-4)18-9-10-23-11-12-25(5,21)22/h6-12H2,1-5H3,(H,19,20)(H2,16,17,18). The van der Waals surface area contributed by atoms with Crippen LogP contribution in [0, 0.1) is 0 Å². The van der Waals surface area contributed by atoms with E-state index >= 15 is 0 Å². The molecule has 0 unspecified atom stereocenters. The molecule has 0 saturated heterocycles. The number of alkyl carbamates (subject to hydrolysis) is 1. The Bertz CT molecular complexity index is 515. The summed E-state index contributed by atoms with van der Waals surface area (Å²) in [6.07, 6.45) is 1.46. The third kappa shape index (κ3) is 17.1. The molecule has 0 radical (unpaired) electrons.